The zero-order valence-corrected chi connectivity index (χ0v) is 12.0. The molecule has 0 aromatic carbocycles. The summed E-state index contributed by atoms with van der Waals surface area (Å²) in [6, 6.07) is 0. The Bertz CT molecular complexity index is 439. The lowest BCUT2D eigenvalue weighted by Crippen LogP contribution is -2.45. The molecule has 1 fully saturated rings. The van der Waals surface area contributed by atoms with Gasteiger partial charge in [0.15, 0.2) is 5.13 Å². The van der Waals surface area contributed by atoms with Gasteiger partial charge in [0.05, 0.1) is 5.60 Å². The molecule has 1 saturated carbocycles. The van der Waals surface area contributed by atoms with Gasteiger partial charge < -0.3 is 16.2 Å². The van der Waals surface area contributed by atoms with Crippen LogP contribution in [0.5, 0.6) is 0 Å². The maximum atomic E-state index is 11.8. The lowest BCUT2D eigenvalue weighted by atomic mass is 9.78. The topological polar surface area (TPSA) is 88.2 Å². The molecule has 1 aliphatic carbocycles. The van der Waals surface area contributed by atoms with Crippen LogP contribution in [0, 0.1) is 5.92 Å². The first-order valence-electron chi connectivity index (χ1n) is 6.74. The van der Waals surface area contributed by atoms with Crippen LogP contribution in [0.2, 0.25) is 0 Å². The first-order chi connectivity index (χ1) is 9.02. The number of hydrogen-bond donors (Lipinski definition) is 3. The van der Waals surface area contributed by atoms with E-state index in [0.717, 1.165) is 25.7 Å². The third-order valence-electron chi connectivity index (χ3n) is 3.95. The van der Waals surface area contributed by atoms with Crippen LogP contribution in [-0.2, 0) is 0 Å². The van der Waals surface area contributed by atoms with Gasteiger partial charge in [0.25, 0.3) is 5.91 Å². The Morgan fingerprint density at radius 3 is 2.84 bits per heavy atom. The maximum Gasteiger partial charge on any atom is 0.270 e. The average Bonchev–Trinajstić information content (AvgIpc) is 2.84. The van der Waals surface area contributed by atoms with Gasteiger partial charge in [-0.1, -0.05) is 13.3 Å². The van der Waals surface area contributed by atoms with Crippen LogP contribution >= 0.6 is 11.3 Å². The fourth-order valence-electron chi connectivity index (χ4n) is 2.53. The van der Waals surface area contributed by atoms with Gasteiger partial charge in [-0.2, -0.15) is 0 Å². The first kappa shape index (κ1) is 14.3. The lowest BCUT2D eigenvalue weighted by molar-refractivity contribution is -0.00789. The van der Waals surface area contributed by atoms with E-state index in [1.54, 1.807) is 5.38 Å². The van der Waals surface area contributed by atoms with Gasteiger partial charge in [0.1, 0.15) is 5.69 Å². The number of carbonyl (C=O) groups excluding carboxylic acids is 1. The SMILES string of the molecule is CCC1CCC(O)(CNC(=O)c2csc(N)n2)CC1. The molecular formula is C13H21N3O2S. The fraction of sp³-hybridized carbons (Fsp3) is 0.692. The monoisotopic (exact) mass is 283 g/mol. The number of nitrogens with zero attached hydrogens (tertiary/aromatic N) is 1. The Hall–Kier alpha value is -1.14. The second kappa shape index (κ2) is 5.88. The number of hydrogen-bond acceptors (Lipinski definition) is 5. The summed E-state index contributed by atoms with van der Waals surface area (Å²) in [7, 11) is 0. The van der Waals surface area contributed by atoms with Crippen LogP contribution in [0.15, 0.2) is 5.38 Å². The van der Waals surface area contributed by atoms with E-state index in [4.69, 9.17) is 5.73 Å². The molecule has 0 unspecified atom stereocenters. The number of aromatic nitrogens is 1. The van der Waals surface area contributed by atoms with Crippen LogP contribution in [0.3, 0.4) is 0 Å². The quantitative estimate of drug-likeness (QED) is 0.786. The molecule has 1 aromatic heterocycles. The van der Waals surface area contributed by atoms with Gasteiger partial charge in [0, 0.05) is 11.9 Å². The molecule has 6 heteroatoms. The predicted molar refractivity (Wildman–Crippen MR) is 76.1 cm³/mol. The zero-order valence-electron chi connectivity index (χ0n) is 11.2. The fourth-order valence-corrected chi connectivity index (χ4v) is 3.07. The van der Waals surface area contributed by atoms with Crippen molar-refractivity contribution in [1.82, 2.24) is 10.3 Å². The normalized spacial score (nSPS) is 27.2. The Balaban J connectivity index is 1.83. The number of amides is 1. The highest BCUT2D eigenvalue weighted by Crippen LogP contribution is 2.33. The van der Waals surface area contributed by atoms with E-state index in [0.29, 0.717) is 23.3 Å². The Labute approximate surface area is 117 Å². The minimum absolute atomic E-state index is 0.265. The van der Waals surface area contributed by atoms with Crippen molar-refractivity contribution in [2.45, 2.75) is 44.6 Å². The van der Waals surface area contributed by atoms with Crippen LogP contribution in [0.4, 0.5) is 5.13 Å². The molecule has 5 nitrogen and oxygen atoms in total. The van der Waals surface area contributed by atoms with Crippen molar-refractivity contribution in [3.8, 4) is 0 Å². The third kappa shape index (κ3) is 3.67. The van der Waals surface area contributed by atoms with Crippen molar-refractivity contribution in [2.75, 3.05) is 12.3 Å². The maximum absolute atomic E-state index is 11.8. The molecule has 0 radical (unpaired) electrons. The predicted octanol–water partition coefficient (Wildman–Crippen LogP) is 1.79. The van der Waals surface area contributed by atoms with Gasteiger partial charge >= 0.3 is 0 Å². The highest BCUT2D eigenvalue weighted by Gasteiger charge is 2.33. The van der Waals surface area contributed by atoms with Crippen molar-refractivity contribution in [3.05, 3.63) is 11.1 Å². The third-order valence-corrected chi connectivity index (χ3v) is 4.62. The number of nitrogens with two attached hydrogens (primary N) is 1. The van der Waals surface area contributed by atoms with Crippen LogP contribution in [0.25, 0.3) is 0 Å². The molecule has 2 rings (SSSR count). The van der Waals surface area contributed by atoms with E-state index in [2.05, 4.69) is 17.2 Å². The highest BCUT2D eigenvalue weighted by molar-refractivity contribution is 7.13. The number of thiazole rings is 1. The molecule has 0 bridgehead atoms. The van der Waals surface area contributed by atoms with Crippen LogP contribution in [-0.4, -0.2) is 28.1 Å². The smallest absolute Gasteiger partial charge is 0.270 e. The van der Waals surface area contributed by atoms with Gasteiger partial charge in [-0.05, 0) is 31.6 Å². The molecule has 0 aliphatic heterocycles. The second-order valence-corrected chi connectivity index (χ2v) is 6.22. The summed E-state index contributed by atoms with van der Waals surface area (Å²) in [5, 5.41) is 15.2. The summed E-state index contributed by atoms with van der Waals surface area (Å²) in [6.07, 6.45) is 4.75. The summed E-state index contributed by atoms with van der Waals surface area (Å²) >= 11 is 1.24. The number of nitrogens with one attached hydrogen (secondary N) is 1. The summed E-state index contributed by atoms with van der Waals surface area (Å²) in [5.41, 5.74) is 5.06. The molecule has 1 amide bonds. The summed E-state index contributed by atoms with van der Waals surface area (Å²) in [5.74, 6) is 0.452. The van der Waals surface area contributed by atoms with Crippen LogP contribution < -0.4 is 11.1 Å². The van der Waals surface area contributed by atoms with Crippen molar-refractivity contribution >= 4 is 22.4 Å². The molecule has 1 heterocycles. The molecule has 4 N–H and O–H groups in total. The Morgan fingerprint density at radius 1 is 1.63 bits per heavy atom. The van der Waals surface area contributed by atoms with Gasteiger partial charge in [-0.3, -0.25) is 4.79 Å². The van der Waals surface area contributed by atoms with Crippen molar-refractivity contribution < 1.29 is 9.90 Å². The van der Waals surface area contributed by atoms with Crippen molar-refractivity contribution in [1.29, 1.82) is 0 Å². The van der Waals surface area contributed by atoms with E-state index in [9.17, 15) is 9.90 Å². The molecular weight excluding hydrogens is 262 g/mol. The number of nitrogen functional groups attached to an aromatic ring is 1. The van der Waals surface area contributed by atoms with Gasteiger partial charge in [0.2, 0.25) is 0 Å². The highest BCUT2D eigenvalue weighted by atomic mass is 32.1. The standard InChI is InChI=1S/C13H21N3O2S/c1-2-9-3-5-13(18,6-4-9)8-15-11(17)10-7-19-12(14)16-10/h7,9,18H,2-6,8H2,1H3,(H2,14,16)(H,15,17). The molecule has 1 aromatic rings. The van der Waals surface area contributed by atoms with E-state index < -0.39 is 5.60 Å². The van der Waals surface area contributed by atoms with E-state index in [1.807, 2.05) is 0 Å². The Morgan fingerprint density at radius 2 is 2.32 bits per heavy atom. The molecule has 0 spiro atoms. The van der Waals surface area contributed by atoms with Crippen molar-refractivity contribution in [2.24, 2.45) is 5.92 Å². The summed E-state index contributed by atoms with van der Waals surface area (Å²) in [6.45, 7) is 2.48. The summed E-state index contributed by atoms with van der Waals surface area (Å²) in [4.78, 5) is 15.8. The number of carbonyl (C=O) groups is 1. The zero-order chi connectivity index (χ0) is 13.9. The van der Waals surface area contributed by atoms with Crippen LogP contribution in [0.1, 0.15) is 49.5 Å². The number of rotatable bonds is 4. The molecule has 106 valence electrons. The van der Waals surface area contributed by atoms with E-state index >= 15 is 0 Å². The van der Waals surface area contributed by atoms with E-state index in [1.165, 1.54) is 17.8 Å². The molecule has 0 saturated heterocycles. The molecule has 19 heavy (non-hydrogen) atoms. The lowest BCUT2D eigenvalue weighted by Gasteiger charge is -2.35. The number of aliphatic hydroxyl groups is 1. The van der Waals surface area contributed by atoms with Crippen molar-refractivity contribution in [3.63, 3.8) is 0 Å². The largest absolute Gasteiger partial charge is 0.388 e. The van der Waals surface area contributed by atoms with Gasteiger partial charge in [-0.25, -0.2) is 4.98 Å². The summed E-state index contributed by atoms with van der Waals surface area (Å²) < 4.78 is 0. The van der Waals surface area contributed by atoms with Gasteiger partial charge in [-0.15, -0.1) is 11.3 Å². The average molecular weight is 283 g/mol. The number of anilines is 1. The minimum Gasteiger partial charge on any atom is -0.388 e. The Kier molecular flexibility index (Phi) is 4.42. The molecule has 0 atom stereocenters. The minimum atomic E-state index is -0.761. The molecule has 1 aliphatic rings. The first-order valence-corrected chi connectivity index (χ1v) is 7.62. The van der Waals surface area contributed by atoms with E-state index in [-0.39, 0.29) is 5.91 Å². The second-order valence-electron chi connectivity index (χ2n) is 5.33.